The summed E-state index contributed by atoms with van der Waals surface area (Å²) in [6, 6.07) is 1.66. The predicted molar refractivity (Wildman–Crippen MR) is 49.0 cm³/mol. The molecule has 0 atom stereocenters. The molecular weight excluding hydrogens is 188 g/mol. The fourth-order valence-corrected chi connectivity index (χ4v) is 1.86. The Morgan fingerprint density at radius 3 is 3.23 bits per heavy atom. The molecule has 0 radical (unpaired) electrons. The van der Waals surface area contributed by atoms with Crippen molar-refractivity contribution in [3.05, 3.63) is 17.8 Å². The summed E-state index contributed by atoms with van der Waals surface area (Å²) < 4.78 is 0. The van der Waals surface area contributed by atoms with E-state index in [2.05, 4.69) is 10.3 Å². The Hall–Kier alpha value is -1.36. The van der Waals surface area contributed by atoms with Crippen LogP contribution in [0.15, 0.2) is 17.2 Å². The Balaban J connectivity index is 2.43. The van der Waals surface area contributed by atoms with E-state index in [4.69, 9.17) is 0 Å². The number of fused-ring (bicyclic) bond motifs is 1. The van der Waals surface area contributed by atoms with Gasteiger partial charge in [-0.2, -0.15) is 0 Å². The number of thioether (sulfide) groups is 1. The number of hydrogen-bond acceptors (Lipinski definition) is 5. The van der Waals surface area contributed by atoms with Crippen LogP contribution in [-0.4, -0.2) is 22.9 Å². The van der Waals surface area contributed by atoms with Crippen molar-refractivity contribution in [1.29, 1.82) is 0 Å². The third-order valence-corrected chi connectivity index (χ3v) is 2.54. The van der Waals surface area contributed by atoms with Crippen LogP contribution in [0.5, 0.6) is 0 Å². The molecule has 66 valence electrons. The Morgan fingerprint density at radius 1 is 1.62 bits per heavy atom. The van der Waals surface area contributed by atoms with E-state index < -0.39 is 0 Å². The molecule has 0 saturated heterocycles. The maximum atomic E-state index is 11.0. The lowest BCUT2D eigenvalue weighted by molar-refractivity contribution is -0.109. The van der Waals surface area contributed by atoms with Crippen LogP contribution in [0, 0.1) is 0 Å². The minimum atomic E-state index is 0.0392. The van der Waals surface area contributed by atoms with Gasteiger partial charge in [-0.3, -0.25) is 9.59 Å². The molecule has 0 aromatic carbocycles. The van der Waals surface area contributed by atoms with Crippen molar-refractivity contribution < 1.29 is 9.59 Å². The zero-order valence-corrected chi connectivity index (χ0v) is 7.43. The number of carbonyl (C=O) groups excluding carboxylic acids is 2. The zero-order chi connectivity index (χ0) is 9.26. The minimum absolute atomic E-state index is 0.0392. The second-order valence-electron chi connectivity index (χ2n) is 2.56. The van der Waals surface area contributed by atoms with E-state index >= 15 is 0 Å². The Morgan fingerprint density at radius 2 is 2.46 bits per heavy atom. The van der Waals surface area contributed by atoms with Crippen LogP contribution >= 0.6 is 11.8 Å². The zero-order valence-electron chi connectivity index (χ0n) is 6.61. The molecule has 0 unspecified atom stereocenters. The summed E-state index contributed by atoms with van der Waals surface area (Å²) >= 11 is 1.12. The average molecular weight is 194 g/mol. The predicted octanol–water partition coefficient (Wildman–Crippen LogP) is 0.938. The fraction of sp³-hybridized carbons (Fsp3) is 0.125. The maximum Gasteiger partial charge on any atom is 0.212 e. The van der Waals surface area contributed by atoms with Gasteiger partial charge in [0, 0.05) is 11.8 Å². The highest BCUT2D eigenvalue weighted by atomic mass is 32.2. The quantitative estimate of drug-likeness (QED) is 0.674. The van der Waals surface area contributed by atoms with Crippen molar-refractivity contribution in [2.24, 2.45) is 0 Å². The third-order valence-electron chi connectivity index (χ3n) is 1.63. The molecule has 2 rings (SSSR count). The van der Waals surface area contributed by atoms with Crippen molar-refractivity contribution in [1.82, 2.24) is 4.98 Å². The maximum absolute atomic E-state index is 11.0. The van der Waals surface area contributed by atoms with Gasteiger partial charge in [-0.15, -0.1) is 0 Å². The molecule has 13 heavy (non-hydrogen) atoms. The first kappa shape index (κ1) is 8.25. The average Bonchev–Trinajstić information content (AvgIpc) is 2.16. The van der Waals surface area contributed by atoms with Gasteiger partial charge in [0.1, 0.15) is 5.82 Å². The van der Waals surface area contributed by atoms with E-state index in [0.717, 1.165) is 16.7 Å². The molecule has 5 heteroatoms. The highest BCUT2D eigenvalue weighted by Crippen LogP contribution is 2.29. The van der Waals surface area contributed by atoms with Crippen LogP contribution in [0.2, 0.25) is 0 Å². The van der Waals surface area contributed by atoms with Gasteiger partial charge in [-0.25, -0.2) is 4.98 Å². The number of aromatic nitrogens is 1. The number of aldehydes is 1. The van der Waals surface area contributed by atoms with Gasteiger partial charge in [0.15, 0.2) is 6.29 Å². The van der Waals surface area contributed by atoms with Crippen molar-refractivity contribution in [2.75, 3.05) is 11.9 Å². The van der Waals surface area contributed by atoms with Gasteiger partial charge in [-0.1, -0.05) is 0 Å². The normalized spacial score (nSPS) is 14.6. The van der Waals surface area contributed by atoms with Crippen LogP contribution in [0.3, 0.4) is 0 Å². The summed E-state index contributed by atoms with van der Waals surface area (Å²) in [4.78, 5) is 26.2. The van der Waals surface area contributed by atoms with Crippen LogP contribution in [-0.2, 0) is 4.79 Å². The van der Waals surface area contributed by atoms with Gasteiger partial charge in [0.2, 0.25) is 5.12 Å². The Kier molecular flexibility index (Phi) is 2.02. The van der Waals surface area contributed by atoms with E-state index in [0.29, 0.717) is 24.2 Å². The van der Waals surface area contributed by atoms with Crippen molar-refractivity contribution in [2.45, 2.75) is 4.90 Å². The number of nitrogens with zero attached hydrogens (tertiary/aromatic N) is 1. The summed E-state index contributed by atoms with van der Waals surface area (Å²) in [5.74, 6) is 0.676. The molecule has 0 fully saturated rings. The molecule has 0 aliphatic carbocycles. The largest absolute Gasteiger partial charge is 0.361 e. The monoisotopic (exact) mass is 194 g/mol. The van der Waals surface area contributed by atoms with Gasteiger partial charge < -0.3 is 5.32 Å². The van der Waals surface area contributed by atoms with E-state index in [1.54, 1.807) is 6.07 Å². The Bertz CT molecular complexity index is 378. The number of hydrogen-bond donors (Lipinski definition) is 1. The molecule has 4 nitrogen and oxygen atoms in total. The molecule has 1 aliphatic heterocycles. The van der Waals surface area contributed by atoms with E-state index in [-0.39, 0.29) is 5.12 Å². The topological polar surface area (TPSA) is 59.1 Å². The molecule has 1 aromatic heterocycles. The van der Waals surface area contributed by atoms with Crippen molar-refractivity contribution in [3.63, 3.8) is 0 Å². The van der Waals surface area contributed by atoms with Gasteiger partial charge in [-0.05, 0) is 17.8 Å². The molecule has 1 aromatic rings. The van der Waals surface area contributed by atoms with Crippen LogP contribution in [0.4, 0.5) is 5.82 Å². The molecule has 0 spiro atoms. The molecular formula is C8H6N2O2S. The second kappa shape index (κ2) is 3.18. The van der Waals surface area contributed by atoms with Gasteiger partial charge >= 0.3 is 0 Å². The second-order valence-corrected chi connectivity index (χ2v) is 3.66. The number of pyridine rings is 1. The lowest BCUT2D eigenvalue weighted by Gasteiger charge is -2.14. The Labute approximate surface area is 78.7 Å². The number of anilines is 1. The first-order chi connectivity index (χ1) is 6.29. The highest BCUT2D eigenvalue weighted by Gasteiger charge is 2.16. The van der Waals surface area contributed by atoms with Gasteiger partial charge in [0.25, 0.3) is 0 Å². The highest BCUT2D eigenvalue weighted by molar-refractivity contribution is 8.14. The molecule has 0 bridgehead atoms. The first-order valence-electron chi connectivity index (χ1n) is 3.69. The first-order valence-corrected chi connectivity index (χ1v) is 4.51. The van der Waals surface area contributed by atoms with E-state index in [9.17, 15) is 9.59 Å². The number of nitrogens with one attached hydrogen (secondary N) is 1. The number of carbonyl (C=O) groups is 2. The number of rotatable bonds is 1. The molecule has 1 N–H and O–H groups in total. The van der Waals surface area contributed by atoms with Crippen molar-refractivity contribution in [3.8, 4) is 0 Å². The molecule has 2 heterocycles. The summed E-state index contributed by atoms with van der Waals surface area (Å²) in [5, 5.41) is 2.91. The fourth-order valence-electron chi connectivity index (χ4n) is 1.05. The van der Waals surface area contributed by atoms with E-state index in [1.165, 1.54) is 6.20 Å². The summed E-state index contributed by atoms with van der Waals surface area (Å²) in [6.45, 7) is 0.297. The minimum Gasteiger partial charge on any atom is -0.361 e. The van der Waals surface area contributed by atoms with Crippen molar-refractivity contribution >= 4 is 29.0 Å². The van der Waals surface area contributed by atoms with Gasteiger partial charge in [0.05, 0.1) is 11.4 Å². The molecule has 0 saturated carbocycles. The molecule has 0 amide bonds. The lowest BCUT2D eigenvalue weighted by atomic mass is 10.3. The summed E-state index contributed by atoms with van der Waals surface area (Å²) in [7, 11) is 0. The summed E-state index contributed by atoms with van der Waals surface area (Å²) in [6.07, 6.45) is 2.20. The SMILES string of the molecule is O=Cc1cnc2c(c1)SC(=O)CN2. The van der Waals surface area contributed by atoms with Crippen LogP contribution < -0.4 is 5.32 Å². The lowest BCUT2D eigenvalue weighted by Crippen LogP contribution is -2.17. The third kappa shape index (κ3) is 1.55. The van der Waals surface area contributed by atoms with E-state index in [1.807, 2.05) is 0 Å². The molecule has 1 aliphatic rings. The summed E-state index contributed by atoms with van der Waals surface area (Å²) in [5.41, 5.74) is 0.489. The van der Waals surface area contributed by atoms with Crippen LogP contribution in [0.1, 0.15) is 10.4 Å². The van der Waals surface area contributed by atoms with Crippen LogP contribution in [0.25, 0.3) is 0 Å². The standard InChI is InChI=1S/C8H6N2O2S/c11-4-5-1-6-8(9-2-5)10-3-7(12)13-6/h1-2,4H,3H2,(H,9,10). The smallest absolute Gasteiger partial charge is 0.212 e.